The fraction of sp³-hybridized carbons (Fsp3) is 0.348. The minimum Gasteiger partial charge on any atom is -0.493 e. The third kappa shape index (κ3) is 5.59. The molecular weight excluding hydrogens is 382 g/mol. The van der Waals surface area contributed by atoms with Gasteiger partial charge in [0, 0.05) is 41.7 Å². The summed E-state index contributed by atoms with van der Waals surface area (Å²) in [5.41, 5.74) is 2.73. The van der Waals surface area contributed by atoms with Crippen molar-refractivity contribution in [1.29, 1.82) is 0 Å². The Kier molecular flexibility index (Phi) is 7.06. The molecular formula is C23H27N3O4. The van der Waals surface area contributed by atoms with E-state index in [1.165, 1.54) is 6.07 Å². The van der Waals surface area contributed by atoms with E-state index in [4.69, 9.17) is 9.84 Å². The first-order valence-electron chi connectivity index (χ1n) is 10.1. The number of ether oxygens (including phenoxy) is 1. The topological polar surface area (TPSA) is 97.2 Å². The van der Waals surface area contributed by atoms with Crippen LogP contribution in [0.2, 0.25) is 0 Å². The number of aryl methyl sites for hydroxylation is 1. The third-order valence-electron chi connectivity index (χ3n) is 5.02. The van der Waals surface area contributed by atoms with Crippen LogP contribution in [-0.2, 0) is 11.3 Å². The Labute approximate surface area is 175 Å². The average molecular weight is 409 g/mol. The quantitative estimate of drug-likeness (QED) is 0.496. The molecule has 7 nitrogen and oxygen atoms in total. The normalized spacial score (nSPS) is 11.9. The molecule has 2 aromatic heterocycles. The summed E-state index contributed by atoms with van der Waals surface area (Å²) < 4.78 is 8.10. The fourth-order valence-electron chi connectivity index (χ4n) is 3.40. The maximum absolute atomic E-state index is 11.4. The molecule has 30 heavy (non-hydrogen) atoms. The zero-order chi connectivity index (χ0) is 21.5. The zero-order valence-electron chi connectivity index (χ0n) is 17.3. The van der Waals surface area contributed by atoms with Crippen molar-refractivity contribution >= 4 is 5.97 Å². The standard InChI is InChI=1S/C23H27N3O4/c1-16(12-22(28)29)6-5-11-30-20-8-4-3-7-19(20)15-26-17(2)13-25-23(26)18-9-10-21(27)24-14-18/h3-4,7-10,13-14,16H,5-6,11-12,15H2,1-2H3,(H,24,27)(H,28,29). The van der Waals surface area contributed by atoms with Gasteiger partial charge in [-0.25, -0.2) is 4.98 Å². The molecule has 0 aliphatic rings. The number of hydrogen-bond acceptors (Lipinski definition) is 4. The smallest absolute Gasteiger partial charge is 0.303 e. The van der Waals surface area contributed by atoms with Crippen LogP contribution in [0.25, 0.3) is 11.4 Å². The SMILES string of the molecule is Cc1cnc(-c2ccc(=O)[nH]c2)n1Cc1ccccc1OCCCC(C)CC(=O)O. The van der Waals surface area contributed by atoms with E-state index in [2.05, 4.69) is 14.5 Å². The molecule has 3 rings (SSSR count). The van der Waals surface area contributed by atoms with Crippen molar-refractivity contribution in [2.24, 2.45) is 5.92 Å². The van der Waals surface area contributed by atoms with Crippen LogP contribution in [0.4, 0.5) is 0 Å². The number of carboxylic acids is 1. The van der Waals surface area contributed by atoms with Crippen LogP contribution < -0.4 is 10.3 Å². The van der Waals surface area contributed by atoms with Gasteiger partial charge in [-0.15, -0.1) is 0 Å². The Morgan fingerprint density at radius 1 is 1.27 bits per heavy atom. The number of carbonyl (C=O) groups is 1. The average Bonchev–Trinajstić information content (AvgIpc) is 3.07. The van der Waals surface area contributed by atoms with Gasteiger partial charge in [0.2, 0.25) is 5.56 Å². The number of benzene rings is 1. The summed E-state index contributed by atoms with van der Waals surface area (Å²) >= 11 is 0. The second-order valence-corrected chi connectivity index (χ2v) is 7.55. The number of aliphatic carboxylic acids is 1. The molecule has 0 fully saturated rings. The molecule has 1 atom stereocenters. The van der Waals surface area contributed by atoms with E-state index in [9.17, 15) is 9.59 Å². The van der Waals surface area contributed by atoms with Crippen molar-refractivity contribution in [3.63, 3.8) is 0 Å². The van der Waals surface area contributed by atoms with Gasteiger partial charge in [-0.2, -0.15) is 0 Å². The van der Waals surface area contributed by atoms with Crippen LogP contribution in [0.1, 0.15) is 37.4 Å². The van der Waals surface area contributed by atoms with Crippen molar-refractivity contribution in [1.82, 2.24) is 14.5 Å². The summed E-state index contributed by atoms with van der Waals surface area (Å²) in [4.78, 5) is 29.4. The molecule has 158 valence electrons. The number of aromatic nitrogens is 3. The molecule has 0 saturated carbocycles. The molecule has 0 saturated heterocycles. The van der Waals surface area contributed by atoms with E-state index >= 15 is 0 Å². The van der Waals surface area contributed by atoms with Crippen LogP contribution >= 0.6 is 0 Å². The van der Waals surface area contributed by atoms with Crippen molar-refractivity contribution in [2.45, 2.75) is 39.7 Å². The van der Waals surface area contributed by atoms with Crippen molar-refractivity contribution in [3.8, 4) is 17.1 Å². The highest BCUT2D eigenvalue weighted by molar-refractivity contribution is 5.66. The summed E-state index contributed by atoms with van der Waals surface area (Å²) in [6.45, 7) is 5.07. The molecule has 3 aromatic rings. The van der Waals surface area contributed by atoms with Crippen LogP contribution in [0.5, 0.6) is 5.75 Å². The Hall–Kier alpha value is -3.35. The molecule has 0 bridgehead atoms. The Morgan fingerprint density at radius 3 is 2.80 bits per heavy atom. The summed E-state index contributed by atoms with van der Waals surface area (Å²) in [6, 6.07) is 11.1. The van der Waals surface area contributed by atoms with E-state index in [-0.39, 0.29) is 17.9 Å². The summed E-state index contributed by atoms with van der Waals surface area (Å²) in [7, 11) is 0. The molecule has 0 spiro atoms. The van der Waals surface area contributed by atoms with Gasteiger partial charge in [-0.05, 0) is 37.8 Å². The van der Waals surface area contributed by atoms with Gasteiger partial charge in [0.1, 0.15) is 11.6 Å². The van der Waals surface area contributed by atoms with Gasteiger partial charge < -0.3 is 19.4 Å². The number of imidazole rings is 1. The molecule has 1 aromatic carbocycles. The molecule has 0 amide bonds. The summed E-state index contributed by atoms with van der Waals surface area (Å²) in [6.07, 6.45) is 5.28. The van der Waals surface area contributed by atoms with Gasteiger partial charge in [-0.3, -0.25) is 9.59 Å². The molecule has 7 heteroatoms. The molecule has 0 aliphatic carbocycles. The fourth-order valence-corrected chi connectivity index (χ4v) is 3.40. The third-order valence-corrected chi connectivity index (χ3v) is 5.02. The van der Waals surface area contributed by atoms with E-state index < -0.39 is 5.97 Å². The second-order valence-electron chi connectivity index (χ2n) is 7.55. The summed E-state index contributed by atoms with van der Waals surface area (Å²) in [5, 5.41) is 8.86. The Morgan fingerprint density at radius 2 is 2.07 bits per heavy atom. The largest absolute Gasteiger partial charge is 0.493 e. The van der Waals surface area contributed by atoms with Crippen molar-refractivity contribution in [2.75, 3.05) is 6.61 Å². The monoisotopic (exact) mass is 409 g/mol. The number of nitrogens with one attached hydrogen (secondary N) is 1. The van der Waals surface area contributed by atoms with E-state index in [1.54, 1.807) is 12.3 Å². The van der Waals surface area contributed by atoms with Crippen molar-refractivity contribution < 1.29 is 14.6 Å². The maximum Gasteiger partial charge on any atom is 0.303 e. The number of H-pyrrole nitrogens is 1. The minimum absolute atomic E-state index is 0.134. The number of pyridine rings is 1. The minimum atomic E-state index is -0.761. The first-order valence-corrected chi connectivity index (χ1v) is 10.1. The first kappa shape index (κ1) is 21.4. The number of rotatable bonds is 10. The number of aromatic amines is 1. The van der Waals surface area contributed by atoms with Gasteiger partial charge >= 0.3 is 5.97 Å². The second kappa shape index (κ2) is 9.91. The maximum atomic E-state index is 11.4. The van der Waals surface area contributed by atoms with E-state index in [0.717, 1.165) is 41.2 Å². The van der Waals surface area contributed by atoms with E-state index in [1.807, 2.05) is 44.3 Å². The Balaban J connectivity index is 1.70. The molecule has 0 aliphatic heterocycles. The number of nitrogens with zero attached hydrogens (tertiary/aromatic N) is 2. The van der Waals surface area contributed by atoms with Crippen LogP contribution in [0.3, 0.4) is 0 Å². The lowest BCUT2D eigenvalue weighted by Gasteiger charge is -2.15. The molecule has 2 N–H and O–H groups in total. The lowest BCUT2D eigenvalue weighted by molar-refractivity contribution is -0.138. The summed E-state index contributed by atoms with van der Waals surface area (Å²) in [5.74, 6) is 0.961. The van der Waals surface area contributed by atoms with Crippen LogP contribution in [0, 0.1) is 12.8 Å². The number of carboxylic acid groups (broad SMARTS) is 1. The molecule has 0 radical (unpaired) electrons. The van der Waals surface area contributed by atoms with Crippen LogP contribution in [-0.4, -0.2) is 32.2 Å². The lowest BCUT2D eigenvalue weighted by atomic mass is 10.0. The van der Waals surface area contributed by atoms with Gasteiger partial charge in [0.05, 0.1) is 13.2 Å². The predicted molar refractivity (Wildman–Crippen MR) is 115 cm³/mol. The van der Waals surface area contributed by atoms with Crippen LogP contribution in [0.15, 0.2) is 53.6 Å². The van der Waals surface area contributed by atoms with E-state index in [0.29, 0.717) is 13.2 Å². The molecule has 2 heterocycles. The van der Waals surface area contributed by atoms with Gasteiger partial charge in [0.25, 0.3) is 0 Å². The highest BCUT2D eigenvalue weighted by atomic mass is 16.5. The zero-order valence-corrected chi connectivity index (χ0v) is 17.3. The van der Waals surface area contributed by atoms with Gasteiger partial charge in [-0.1, -0.05) is 25.1 Å². The highest BCUT2D eigenvalue weighted by Gasteiger charge is 2.13. The van der Waals surface area contributed by atoms with Crippen molar-refractivity contribution in [3.05, 3.63) is 70.4 Å². The number of hydrogen-bond donors (Lipinski definition) is 2. The predicted octanol–water partition coefficient (Wildman–Crippen LogP) is 3.86. The lowest BCUT2D eigenvalue weighted by Crippen LogP contribution is -2.09. The van der Waals surface area contributed by atoms with Gasteiger partial charge in [0.15, 0.2) is 0 Å². The Bertz CT molecular complexity index is 1030. The first-order chi connectivity index (χ1) is 14.4. The number of para-hydroxylation sites is 1. The molecule has 1 unspecified atom stereocenters. The highest BCUT2D eigenvalue weighted by Crippen LogP contribution is 2.24.